The zero-order chi connectivity index (χ0) is 21.8. The molecule has 1 aliphatic rings. The van der Waals surface area contributed by atoms with E-state index in [1.54, 1.807) is 31.4 Å². The predicted octanol–water partition coefficient (Wildman–Crippen LogP) is 4.01. The number of nitrogens with one attached hydrogen (secondary N) is 1. The quantitative estimate of drug-likeness (QED) is 0.431. The number of methoxy groups -OCH3 is 1. The SMILES string of the molecule is CC[C@H](C)Oc1c(/C=C2\C(=O)NC(=S)N(c3ccccc3C)C2=O)cccc1OC. The Kier molecular flexibility index (Phi) is 6.52. The summed E-state index contributed by atoms with van der Waals surface area (Å²) in [6.45, 7) is 5.84. The minimum Gasteiger partial charge on any atom is -0.493 e. The van der Waals surface area contributed by atoms with Crippen LogP contribution in [0.5, 0.6) is 11.5 Å². The molecule has 3 rings (SSSR count). The van der Waals surface area contributed by atoms with Crippen LogP contribution in [0.4, 0.5) is 5.69 Å². The van der Waals surface area contributed by atoms with E-state index in [9.17, 15) is 9.59 Å². The van der Waals surface area contributed by atoms with E-state index in [1.807, 2.05) is 39.0 Å². The van der Waals surface area contributed by atoms with Crippen molar-refractivity contribution in [1.82, 2.24) is 5.32 Å². The summed E-state index contributed by atoms with van der Waals surface area (Å²) in [6.07, 6.45) is 2.25. The van der Waals surface area contributed by atoms with Gasteiger partial charge in [0.25, 0.3) is 11.8 Å². The molecular formula is C23H24N2O4S. The van der Waals surface area contributed by atoms with Gasteiger partial charge in [-0.25, -0.2) is 0 Å². The average Bonchev–Trinajstić information content (AvgIpc) is 2.73. The van der Waals surface area contributed by atoms with Crippen LogP contribution in [0.2, 0.25) is 0 Å². The third-order valence-corrected chi connectivity index (χ3v) is 5.17. The number of thiocarbonyl (C=S) groups is 1. The maximum absolute atomic E-state index is 13.3. The van der Waals surface area contributed by atoms with Crippen molar-refractivity contribution in [3.8, 4) is 11.5 Å². The molecule has 0 aliphatic carbocycles. The summed E-state index contributed by atoms with van der Waals surface area (Å²) in [5.74, 6) is -0.0276. The molecule has 0 bridgehead atoms. The van der Waals surface area contributed by atoms with Gasteiger partial charge in [0, 0.05) is 5.56 Å². The van der Waals surface area contributed by atoms with Crippen LogP contribution in [0.15, 0.2) is 48.0 Å². The lowest BCUT2D eigenvalue weighted by molar-refractivity contribution is -0.122. The van der Waals surface area contributed by atoms with Crippen molar-refractivity contribution in [1.29, 1.82) is 0 Å². The van der Waals surface area contributed by atoms with Gasteiger partial charge in [0.2, 0.25) is 0 Å². The van der Waals surface area contributed by atoms with Crippen molar-refractivity contribution in [3.05, 3.63) is 59.2 Å². The van der Waals surface area contributed by atoms with Crippen LogP contribution in [0, 0.1) is 6.92 Å². The van der Waals surface area contributed by atoms with E-state index < -0.39 is 11.8 Å². The molecule has 2 aromatic rings. The van der Waals surface area contributed by atoms with Crippen LogP contribution in [0.3, 0.4) is 0 Å². The minimum atomic E-state index is -0.549. The van der Waals surface area contributed by atoms with E-state index >= 15 is 0 Å². The molecule has 2 aromatic carbocycles. The van der Waals surface area contributed by atoms with Gasteiger partial charge < -0.3 is 9.47 Å². The monoisotopic (exact) mass is 424 g/mol. The molecule has 6 nitrogen and oxygen atoms in total. The third kappa shape index (κ3) is 4.21. The van der Waals surface area contributed by atoms with Gasteiger partial charge in [0.15, 0.2) is 16.6 Å². The van der Waals surface area contributed by atoms with E-state index in [4.69, 9.17) is 21.7 Å². The molecule has 1 atom stereocenters. The first-order valence-electron chi connectivity index (χ1n) is 9.68. The Balaban J connectivity index is 2.08. The highest BCUT2D eigenvalue weighted by molar-refractivity contribution is 7.80. The lowest BCUT2D eigenvalue weighted by Crippen LogP contribution is -2.54. The highest BCUT2D eigenvalue weighted by Crippen LogP contribution is 2.34. The molecule has 1 saturated heterocycles. The number of anilines is 1. The van der Waals surface area contributed by atoms with Gasteiger partial charge in [0.05, 0.1) is 18.9 Å². The molecule has 0 radical (unpaired) electrons. The number of para-hydroxylation sites is 2. The topological polar surface area (TPSA) is 67.9 Å². The molecule has 156 valence electrons. The summed E-state index contributed by atoms with van der Waals surface area (Å²) in [7, 11) is 1.55. The second kappa shape index (κ2) is 9.09. The molecule has 0 aromatic heterocycles. The first kappa shape index (κ1) is 21.5. The summed E-state index contributed by atoms with van der Waals surface area (Å²) >= 11 is 5.28. The Labute approximate surface area is 181 Å². The number of carbonyl (C=O) groups is 2. The number of amides is 2. The second-order valence-corrected chi connectivity index (χ2v) is 7.35. The molecular weight excluding hydrogens is 400 g/mol. The molecule has 0 unspecified atom stereocenters. The smallest absolute Gasteiger partial charge is 0.270 e. The molecule has 0 spiro atoms. The number of carbonyl (C=O) groups excluding carboxylic acids is 2. The summed E-state index contributed by atoms with van der Waals surface area (Å²) in [5.41, 5.74) is 2.03. The highest BCUT2D eigenvalue weighted by atomic mass is 32.1. The lowest BCUT2D eigenvalue weighted by atomic mass is 10.0. The molecule has 0 saturated carbocycles. The van der Waals surface area contributed by atoms with Crippen molar-refractivity contribution in [2.24, 2.45) is 0 Å². The Hall–Kier alpha value is -3.19. The standard InChI is InChI=1S/C23H24N2O4S/c1-5-15(3)29-20-16(10-8-12-19(20)28-4)13-17-21(26)24-23(30)25(22(17)27)18-11-7-6-9-14(18)2/h6-13,15H,5H2,1-4H3,(H,24,26,30)/b17-13+/t15-/m0/s1. The predicted molar refractivity (Wildman–Crippen MR) is 121 cm³/mol. The largest absolute Gasteiger partial charge is 0.493 e. The summed E-state index contributed by atoms with van der Waals surface area (Å²) < 4.78 is 11.5. The second-order valence-electron chi connectivity index (χ2n) is 6.96. The van der Waals surface area contributed by atoms with Gasteiger partial charge >= 0.3 is 0 Å². The molecule has 7 heteroatoms. The molecule has 2 amide bonds. The molecule has 1 fully saturated rings. The van der Waals surface area contributed by atoms with Gasteiger partial charge in [-0.1, -0.05) is 37.3 Å². The molecule has 30 heavy (non-hydrogen) atoms. The average molecular weight is 425 g/mol. The Morgan fingerprint density at radius 2 is 1.90 bits per heavy atom. The van der Waals surface area contributed by atoms with Crippen LogP contribution in [-0.2, 0) is 9.59 Å². The maximum Gasteiger partial charge on any atom is 0.270 e. The number of aryl methyl sites for hydroxylation is 1. The molecule has 1 aliphatic heterocycles. The van der Waals surface area contributed by atoms with Crippen LogP contribution in [0.25, 0.3) is 6.08 Å². The normalized spacial score (nSPS) is 16.5. The van der Waals surface area contributed by atoms with E-state index in [0.717, 1.165) is 12.0 Å². The van der Waals surface area contributed by atoms with E-state index in [-0.39, 0.29) is 16.8 Å². The number of ether oxygens (including phenoxy) is 2. The van der Waals surface area contributed by atoms with E-state index in [2.05, 4.69) is 5.32 Å². The Morgan fingerprint density at radius 1 is 1.17 bits per heavy atom. The van der Waals surface area contributed by atoms with Crippen LogP contribution in [0.1, 0.15) is 31.4 Å². The summed E-state index contributed by atoms with van der Waals surface area (Å²) in [5, 5.41) is 2.67. The zero-order valence-corrected chi connectivity index (χ0v) is 18.2. The Bertz CT molecular complexity index is 1030. The van der Waals surface area contributed by atoms with Gasteiger partial charge in [-0.2, -0.15) is 0 Å². The number of benzene rings is 2. The summed E-state index contributed by atoms with van der Waals surface area (Å²) in [6, 6.07) is 12.7. The van der Waals surface area contributed by atoms with Gasteiger partial charge in [-0.05, 0) is 56.3 Å². The van der Waals surface area contributed by atoms with Crippen molar-refractivity contribution >= 4 is 40.9 Å². The van der Waals surface area contributed by atoms with Crippen molar-refractivity contribution in [2.45, 2.75) is 33.3 Å². The van der Waals surface area contributed by atoms with Crippen LogP contribution < -0.4 is 19.7 Å². The first-order chi connectivity index (χ1) is 14.4. The molecule has 1 heterocycles. The zero-order valence-electron chi connectivity index (χ0n) is 17.4. The number of hydrogen-bond acceptors (Lipinski definition) is 5. The van der Waals surface area contributed by atoms with Gasteiger partial charge in [-0.15, -0.1) is 0 Å². The first-order valence-corrected chi connectivity index (χ1v) is 10.1. The van der Waals surface area contributed by atoms with E-state index in [0.29, 0.717) is 22.7 Å². The van der Waals surface area contributed by atoms with Crippen LogP contribution in [-0.4, -0.2) is 30.1 Å². The van der Waals surface area contributed by atoms with Crippen molar-refractivity contribution in [2.75, 3.05) is 12.0 Å². The van der Waals surface area contributed by atoms with Crippen molar-refractivity contribution < 1.29 is 19.1 Å². The minimum absolute atomic E-state index is 0.0332. The van der Waals surface area contributed by atoms with Crippen molar-refractivity contribution in [3.63, 3.8) is 0 Å². The van der Waals surface area contributed by atoms with E-state index in [1.165, 1.54) is 11.0 Å². The fourth-order valence-electron chi connectivity index (χ4n) is 3.06. The van der Waals surface area contributed by atoms with Crippen LogP contribution >= 0.6 is 12.2 Å². The maximum atomic E-state index is 13.3. The number of rotatable bonds is 6. The third-order valence-electron chi connectivity index (χ3n) is 4.88. The van der Waals surface area contributed by atoms with Gasteiger partial charge in [0.1, 0.15) is 5.57 Å². The lowest BCUT2D eigenvalue weighted by Gasteiger charge is -2.30. The van der Waals surface area contributed by atoms with Gasteiger partial charge in [-0.3, -0.25) is 19.8 Å². The fourth-order valence-corrected chi connectivity index (χ4v) is 3.34. The number of nitrogens with zero attached hydrogens (tertiary/aromatic N) is 1. The Morgan fingerprint density at radius 3 is 2.57 bits per heavy atom. The number of hydrogen-bond donors (Lipinski definition) is 1. The molecule has 1 N–H and O–H groups in total. The fraction of sp³-hybridized carbons (Fsp3) is 0.261. The highest BCUT2D eigenvalue weighted by Gasteiger charge is 2.35. The summed E-state index contributed by atoms with van der Waals surface area (Å²) in [4.78, 5) is 27.3.